The summed E-state index contributed by atoms with van der Waals surface area (Å²) in [5.74, 6) is 1.17. The van der Waals surface area contributed by atoms with E-state index >= 15 is 0 Å². The quantitative estimate of drug-likeness (QED) is 0.774. The molecule has 3 rings (SSSR count). The van der Waals surface area contributed by atoms with E-state index in [2.05, 4.69) is 16.7 Å². The van der Waals surface area contributed by atoms with Crippen molar-refractivity contribution in [3.63, 3.8) is 0 Å². The molecular formula is C17H24N2O2. The molecule has 0 aromatic heterocycles. The Labute approximate surface area is 126 Å². The Morgan fingerprint density at radius 1 is 1.19 bits per heavy atom. The van der Waals surface area contributed by atoms with Gasteiger partial charge >= 0.3 is 0 Å². The number of Topliss-reactive ketones (excluding diaryl/α,β-unsaturated/α-hetero) is 1. The largest absolute Gasteiger partial charge is 0.493 e. The molecule has 1 aromatic rings. The summed E-state index contributed by atoms with van der Waals surface area (Å²) in [6, 6.07) is 5.85. The van der Waals surface area contributed by atoms with E-state index in [1.807, 2.05) is 18.2 Å². The zero-order chi connectivity index (χ0) is 14.7. The third-order valence-electron chi connectivity index (χ3n) is 4.38. The fourth-order valence-electron chi connectivity index (χ4n) is 3.14. The molecule has 0 N–H and O–H groups in total. The summed E-state index contributed by atoms with van der Waals surface area (Å²) in [6.45, 7) is 8.84. The van der Waals surface area contributed by atoms with Gasteiger partial charge in [-0.1, -0.05) is 6.92 Å². The molecule has 0 aliphatic carbocycles. The predicted molar refractivity (Wildman–Crippen MR) is 83.1 cm³/mol. The van der Waals surface area contributed by atoms with Crippen molar-refractivity contribution in [2.75, 3.05) is 45.9 Å². The van der Waals surface area contributed by atoms with Gasteiger partial charge in [-0.05, 0) is 36.7 Å². The van der Waals surface area contributed by atoms with Gasteiger partial charge in [0.15, 0.2) is 5.78 Å². The smallest absolute Gasteiger partial charge is 0.176 e. The van der Waals surface area contributed by atoms with E-state index in [-0.39, 0.29) is 5.78 Å². The zero-order valence-electron chi connectivity index (χ0n) is 12.8. The van der Waals surface area contributed by atoms with E-state index in [0.717, 1.165) is 50.5 Å². The first-order valence-electron chi connectivity index (χ1n) is 8.00. The van der Waals surface area contributed by atoms with Gasteiger partial charge in [-0.2, -0.15) is 0 Å². The van der Waals surface area contributed by atoms with E-state index in [1.165, 1.54) is 18.5 Å². The maximum absolute atomic E-state index is 12.4. The summed E-state index contributed by atoms with van der Waals surface area (Å²) in [5, 5.41) is 0. The van der Waals surface area contributed by atoms with Gasteiger partial charge in [-0.3, -0.25) is 9.69 Å². The molecular weight excluding hydrogens is 264 g/mol. The van der Waals surface area contributed by atoms with Crippen LogP contribution in [-0.4, -0.2) is 61.5 Å². The van der Waals surface area contributed by atoms with Crippen LogP contribution >= 0.6 is 0 Å². The van der Waals surface area contributed by atoms with Crippen molar-refractivity contribution in [3.05, 3.63) is 29.3 Å². The van der Waals surface area contributed by atoms with Crippen LogP contribution in [0.3, 0.4) is 0 Å². The van der Waals surface area contributed by atoms with Crippen LogP contribution in [0.5, 0.6) is 5.75 Å². The normalized spacial score (nSPS) is 19.3. The number of rotatable bonds is 5. The molecule has 0 unspecified atom stereocenters. The molecule has 21 heavy (non-hydrogen) atoms. The molecule has 4 heteroatoms. The van der Waals surface area contributed by atoms with Crippen LogP contribution in [0.1, 0.15) is 29.3 Å². The van der Waals surface area contributed by atoms with Crippen molar-refractivity contribution in [1.82, 2.24) is 9.80 Å². The van der Waals surface area contributed by atoms with Gasteiger partial charge in [0, 0.05) is 38.2 Å². The first-order valence-corrected chi connectivity index (χ1v) is 8.00. The number of nitrogens with zero attached hydrogens (tertiary/aromatic N) is 2. The minimum atomic E-state index is 0.230. The lowest BCUT2D eigenvalue weighted by atomic mass is 10.0. The lowest BCUT2D eigenvalue weighted by Gasteiger charge is -2.34. The highest BCUT2D eigenvalue weighted by Gasteiger charge is 2.20. The van der Waals surface area contributed by atoms with E-state index in [9.17, 15) is 4.79 Å². The number of ether oxygens (including phenoxy) is 1. The highest BCUT2D eigenvalue weighted by Crippen LogP contribution is 2.26. The standard InChI is InChI=1S/C17H24N2O2/c1-2-6-18-7-9-19(10-8-18)13-16(20)14-3-4-17-15(12-14)5-11-21-17/h3-4,12H,2,5-11,13H2,1H3. The average Bonchev–Trinajstić information content (AvgIpc) is 2.97. The molecule has 0 radical (unpaired) electrons. The third kappa shape index (κ3) is 3.44. The van der Waals surface area contributed by atoms with Crippen LogP contribution in [0, 0.1) is 0 Å². The lowest BCUT2D eigenvalue weighted by Crippen LogP contribution is -2.47. The number of hydrogen-bond donors (Lipinski definition) is 0. The second kappa shape index (κ2) is 6.58. The van der Waals surface area contributed by atoms with Crippen molar-refractivity contribution in [3.8, 4) is 5.75 Å². The average molecular weight is 288 g/mol. The van der Waals surface area contributed by atoms with Crippen molar-refractivity contribution in [2.24, 2.45) is 0 Å². The summed E-state index contributed by atoms with van der Waals surface area (Å²) in [6.07, 6.45) is 2.13. The molecule has 1 fully saturated rings. The second-order valence-corrected chi connectivity index (χ2v) is 5.96. The highest BCUT2D eigenvalue weighted by atomic mass is 16.5. The fraction of sp³-hybridized carbons (Fsp3) is 0.588. The molecule has 0 saturated carbocycles. The summed E-state index contributed by atoms with van der Waals surface area (Å²) in [4.78, 5) is 17.2. The topological polar surface area (TPSA) is 32.8 Å². The van der Waals surface area contributed by atoms with E-state index in [0.29, 0.717) is 6.54 Å². The zero-order valence-corrected chi connectivity index (χ0v) is 12.8. The molecule has 0 amide bonds. The third-order valence-corrected chi connectivity index (χ3v) is 4.38. The van der Waals surface area contributed by atoms with Crippen molar-refractivity contribution in [2.45, 2.75) is 19.8 Å². The van der Waals surface area contributed by atoms with Crippen molar-refractivity contribution < 1.29 is 9.53 Å². The van der Waals surface area contributed by atoms with E-state index in [4.69, 9.17) is 4.74 Å². The molecule has 2 aliphatic heterocycles. The summed E-state index contributed by atoms with van der Waals surface area (Å²) in [7, 11) is 0. The Bertz CT molecular complexity index is 508. The Morgan fingerprint density at radius 3 is 2.71 bits per heavy atom. The number of ketones is 1. The lowest BCUT2D eigenvalue weighted by molar-refractivity contribution is 0.0853. The van der Waals surface area contributed by atoms with Gasteiger partial charge in [0.25, 0.3) is 0 Å². The molecule has 0 atom stereocenters. The first kappa shape index (κ1) is 14.5. The number of hydrogen-bond acceptors (Lipinski definition) is 4. The number of carbonyl (C=O) groups is 1. The number of piperazine rings is 1. The van der Waals surface area contributed by atoms with Gasteiger partial charge in [-0.15, -0.1) is 0 Å². The molecule has 1 saturated heterocycles. The van der Waals surface area contributed by atoms with E-state index < -0.39 is 0 Å². The Hall–Kier alpha value is -1.39. The molecule has 0 bridgehead atoms. The first-order chi connectivity index (χ1) is 10.3. The maximum Gasteiger partial charge on any atom is 0.176 e. The van der Waals surface area contributed by atoms with Crippen LogP contribution in [0.2, 0.25) is 0 Å². The number of benzene rings is 1. The number of carbonyl (C=O) groups excluding carboxylic acids is 1. The number of fused-ring (bicyclic) bond motifs is 1. The van der Waals surface area contributed by atoms with Crippen LogP contribution in [-0.2, 0) is 6.42 Å². The maximum atomic E-state index is 12.4. The Balaban J connectivity index is 1.55. The minimum Gasteiger partial charge on any atom is -0.493 e. The summed E-state index contributed by atoms with van der Waals surface area (Å²) in [5.41, 5.74) is 2.00. The molecule has 2 heterocycles. The van der Waals surface area contributed by atoms with Crippen LogP contribution < -0.4 is 4.74 Å². The Morgan fingerprint density at radius 2 is 1.95 bits per heavy atom. The van der Waals surface area contributed by atoms with Gasteiger partial charge in [-0.25, -0.2) is 0 Å². The highest BCUT2D eigenvalue weighted by molar-refractivity contribution is 5.98. The minimum absolute atomic E-state index is 0.230. The van der Waals surface area contributed by atoms with Gasteiger partial charge in [0.2, 0.25) is 0 Å². The summed E-state index contributed by atoms with van der Waals surface area (Å²) >= 11 is 0. The van der Waals surface area contributed by atoms with Crippen LogP contribution in [0.15, 0.2) is 18.2 Å². The molecule has 114 valence electrons. The second-order valence-electron chi connectivity index (χ2n) is 5.96. The fourth-order valence-corrected chi connectivity index (χ4v) is 3.14. The van der Waals surface area contributed by atoms with Gasteiger partial charge < -0.3 is 9.64 Å². The molecule has 1 aromatic carbocycles. The van der Waals surface area contributed by atoms with Crippen LogP contribution in [0.4, 0.5) is 0 Å². The Kier molecular flexibility index (Phi) is 4.56. The monoisotopic (exact) mass is 288 g/mol. The van der Waals surface area contributed by atoms with E-state index in [1.54, 1.807) is 0 Å². The molecule has 0 spiro atoms. The van der Waals surface area contributed by atoms with Gasteiger partial charge in [0.1, 0.15) is 5.75 Å². The summed E-state index contributed by atoms with van der Waals surface area (Å²) < 4.78 is 5.49. The van der Waals surface area contributed by atoms with Crippen molar-refractivity contribution >= 4 is 5.78 Å². The predicted octanol–water partition coefficient (Wildman–Crippen LogP) is 1.83. The molecule has 4 nitrogen and oxygen atoms in total. The van der Waals surface area contributed by atoms with Gasteiger partial charge in [0.05, 0.1) is 13.2 Å². The molecule has 2 aliphatic rings. The SMILES string of the molecule is CCCN1CCN(CC(=O)c2ccc3c(c2)CCO3)CC1. The van der Waals surface area contributed by atoms with Crippen LogP contribution in [0.25, 0.3) is 0 Å². The van der Waals surface area contributed by atoms with Crippen molar-refractivity contribution in [1.29, 1.82) is 0 Å².